The highest BCUT2D eigenvalue weighted by Crippen LogP contribution is 2.43. The van der Waals surface area contributed by atoms with Crippen LogP contribution in [0.25, 0.3) is 0 Å². The Kier molecular flexibility index (Phi) is 3.58. The maximum Gasteiger partial charge on any atom is 0.490 e. The minimum Gasteiger partial charge on any atom is -0.400 e. The lowest BCUT2D eigenvalue weighted by Gasteiger charge is -2.39. The summed E-state index contributed by atoms with van der Waals surface area (Å²) in [5.41, 5.74) is 0.359. The van der Waals surface area contributed by atoms with Crippen LogP contribution in [-0.2, 0) is 14.1 Å². The van der Waals surface area contributed by atoms with E-state index in [9.17, 15) is 4.79 Å². The molecule has 2 heterocycles. The minimum atomic E-state index is -0.327. The van der Waals surface area contributed by atoms with Crippen LogP contribution in [0.3, 0.4) is 0 Å². The van der Waals surface area contributed by atoms with Crippen molar-refractivity contribution in [2.75, 3.05) is 13.1 Å². The summed E-state index contributed by atoms with van der Waals surface area (Å²) >= 11 is 0. The molecule has 1 amide bonds. The predicted molar refractivity (Wildman–Crippen MR) is 80.2 cm³/mol. The molecule has 112 valence electrons. The lowest BCUT2D eigenvalue weighted by molar-refractivity contribution is -0.129. The van der Waals surface area contributed by atoms with Gasteiger partial charge in [-0.05, 0) is 33.2 Å². The Labute approximate surface area is 122 Å². The van der Waals surface area contributed by atoms with Gasteiger partial charge in [-0.2, -0.15) is 0 Å². The van der Waals surface area contributed by atoms with Crippen LogP contribution in [0.4, 0.5) is 0 Å². The van der Waals surface area contributed by atoms with Crippen molar-refractivity contribution in [2.45, 2.75) is 59.7 Å². The maximum atomic E-state index is 11.6. The normalized spacial score (nSPS) is 27.4. The maximum absolute atomic E-state index is 11.6. The van der Waals surface area contributed by atoms with Crippen LogP contribution in [0.1, 0.15) is 48.5 Å². The topological polar surface area (TPSA) is 38.8 Å². The summed E-state index contributed by atoms with van der Waals surface area (Å²) < 4.78 is 12.3. The summed E-state index contributed by atoms with van der Waals surface area (Å²) in [6, 6.07) is 0. The summed E-state index contributed by atoms with van der Waals surface area (Å²) in [6.07, 6.45) is 2.09. The van der Waals surface area contributed by atoms with Crippen molar-refractivity contribution >= 4 is 13.0 Å². The van der Waals surface area contributed by atoms with Gasteiger partial charge >= 0.3 is 7.12 Å². The number of amides is 1. The van der Waals surface area contributed by atoms with E-state index in [0.29, 0.717) is 13.1 Å². The Morgan fingerprint density at radius 1 is 1.15 bits per heavy atom. The van der Waals surface area contributed by atoms with Crippen LogP contribution in [0, 0.1) is 5.41 Å². The number of carbonyl (C=O) groups is 1. The highest BCUT2D eigenvalue weighted by molar-refractivity contribution is 6.55. The van der Waals surface area contributed by atoms with E-state index in [1.165, 1.54) is 0 Å². The zero-order chi connectivity index (χ0) is 15.3. The molecular formula is C15H26BNO3. The SMILES string of the molecule is CC(=O)N1CC=C(B2OC(C)(C)C(C)(C)O2)C(C)(C)C1. The predicted octanol–water partition coefficient (Wildman–Crippen LogP) is 2.43. The van der Waals surface area contributed by atoms with Gasteiger partial charge in [-0.1, -0.05) is 19.9 Å². The lowest BCUT2D eigenvalue weighted by Crippen LogP contribution is -2.46. The summed E-state index contributed by atoms with van der Waals surface area (Å²) in [5, 5.41) is 0. The van der Waals surface area contributed by atoms with Gasteiger partial charge in [0.25, 0.3) is 0 Å². The number of rotatable bonds is 1. The van der Waals surface area contributed by atoms with Crippen LogP contribution < -0.4 is 0 Å². The molecule has 0 radical (unpaired) electrons. The second-order valence-electron chi connectivity index (χ2n) is 7.53. The van der Waals surface area contributed by atoms with Gasteiger partial charge < -0.3 is 14.2 Å². The largest absolute Gasteiger partial charge is 0.490 e. The fraction of sp³-hybridized carbons (Fsp3) is 0.800. The van der Waals surface area contributed by atoms with Gasteiger partial charge in [0.15, 0.2) is 0 Å². The summed E-state index contributed by atoms with van der Waals surface area (Å²) in [4.78, 5) is 13.4. The fourth-order valence-electron chi connectivity index (χ4n) is 2.74. The van der Waals surface area contributed by atoms with E-state index in [0.717, 1.165) is 5.47 Å². The van der Waals surface area contributed by atoms with E-state index < -0.39 is 0 Å². The van der Waals surface area contributed by atoms with Crippen molar-refractivity contribution < 1.29 is 14.1 Å². The second kappa shape index (κ2) is 4.60. The number of carbonyl (C=O) groups excluding carboxylic acids is 1. The molecule has 0 bridgehead atoms. The molecule has 0 N–H and O–H groups in total. The van der Waals surface area contributed by atoms with Gasteiger partial charge in [-0.15, -0.1) is 0 Å². The van der Waals surface area contributed by atoms with Crippen molar-refractivity contribution in [3.05, 3.63) is 11.5 Å². The standard InChI is InChI=1S/C15H26BNO3/c1-11(18)17-9-8-12(13(2,3)10-17)16-19-14(4,5)15(6,7)20-16/h8H,9-10H2,1-7H3. The Hall–Kier alpha value is -0.805. The third-order valence-corrected chi connectivity index (χ3v) is 4.85. The Bertz CT molecular complexity index is 438. The van der Waals surface area contributed by atoms with Gasteiger partial charge in [0, 0.05) is 25.4 Å². The van der Waals surface area contributed by atoms with Gasteiger partial charge in [0.1, 0.15) is 0 Å². The van der Waals surface area contributed by atoms with Gasteiger partial charge in [-0.25, -0.2) is 0 Å². The first-order chi connectivity index (χ1) is 8.96. The molecule has 0 atom stereocenters. The highest BCUT2D eigenvalue weighted by atomic mass is 16.7. The average molecular weight is 279 g/mol. The van der Waals surface area contributed by atoms with Crippen LogP contribution in [0.15, 0.2) is 11.5 Å². The molecule has 0 aromatic carbocycles. The van der Waals surface area contributed by atoms with E-state index in [1.807, 2.05) is 4.90 Å². The van der Waals surface area contributed by atoms with Crippen molar-refractivity contribution in [1.29, 1.82) is 0 Å². The number of hydrogen-bond donors (Lipinski definition) is 0. The van der Waals surface area contributed by atoms with Crippen molar-refractivity contribution in [3.63, 3.8) is 0 Å². The molecule has 0 unspecified atom stereocenters. The average Bonchev–Trinajstić information content (AvgIpc) is 2.45. The van der Waals surface area contributed by atoms with Crippen LogP contribution >= 0.6 is 0 Å². The molecule has 4 nitrogen and oxygen atoms in total. The van der Waals surface area contributed by atoms with E-state index in [-0.39, 0.29) is 29.6 Å². The molecular weight excluding hydrogens is 253 g/mol. The molecule has 20 heavy (non-hydrogen) atoms. The van der Waals surface area contributed by atoms with E-state index in [4.69, 9.17) is 9.31 Å². The van der Waals surface area contributed by atoms with Gasteiger partial charge in [0.05, 0.1) is 11.2 Å². The third kappa shape index (κ3) is 2.53. The molecule has 5 heteroatoms. The van der Waals surface area contributed by atoms with Gasteiger partial charge in [0.2, 0.25) is 5.91 Å². The second-order valence-corrected chi connectivity index (χ2v) is 7.53. The van der Waals surface area contributed by atoms with Crippen LogP contribution in [-0.4, -0.2) is 42.2 Å². The molecule has 2 rings (SSSR count). The molecule has 0 saturated carbocycles. The van der Waals surface area contributed by atoms with E-state index in [2.05, 4.69) is 47.6 Å². The zero-order valence-corrected chi connectivity index (χ0v) is 13.7. The first-order valence-corrected chi connectivity index (χ1v) is 7.28. The lowest BCUT2D eigenvalue weighted by atomic mass is 9.62. The summed E-state index contributed by atoms with van der Waals surface area (Å²) in [5.74, 6) is 0.113. The monoisotopic (exact) mass is 279 g/mol. The first-order valence-electron chi connectivity index (χ1n) is 7.28. The molecule has 0 spiro atoms. The number of hydrogen-bond acceptors (Lipinski definition) is 3. The molecule has 2 aliphatic heterocycles. The van der Waals surface area contributed by atoms with Crippen molar-refractivity contribution in [1.82, 2.24) is 4.90 Å². The first kappa shape index (κ1) is 15.6. The van der Waals surface area contributed by atoms with E-state index in [1.54, 1.807) is 6.92 Å². The zero-order valence-electron chi connectivity index (χ0n) is 13.7. The Morgan fingerprint density at radius 3 is 2.05 bits per heavy atom. The quantitative estimate of drug-likeness (QED) is 0.692. The summed E-state index contributed by atoms with van der Waals surface area (Å²) in [6.45, 7) is 15.5. The third-order valence-electron chi connectivity index (χ3n) is 4.85. The molecule has 0 aromatic heterocycles. The highest BCUT2D eigenvalue weighted by Gasteiger charge is 2.54. The minimum absolute atomic E-state index is 0.113. The Morgan fingerprint density at radius 2 is 1.65 bits per heavy atom. The van der Waals surface area contributed by atoms with E-state index >= 15 is 0 Å². The smallest absolute Gasteiger partial charge is 0.400 e. The Balaban J connectivity index is 2.24. The molecule has 0 aromatic rings. The summed E-state index contributed by atoms with van der Waals surface area (Å²) in [7, 11) is -0.316. The fourth-order valence-corrected chi connectivity index (χ4v) is 2.74. The molecule has 1 fully saturated rings. The molecule has 1 saturated heterocycles. The molecule has 2 aliphatic rings. The van der Waals surface area contributed by atoms with Crippen molar-refractivity contribution in [3.8, 4) is 0 Å². The molecule has 0 aliphatic carbocycles. The van der Waals surface area contributed by atoms with Crippen LogP contribution in [0.5, 0.6) is 0 Å². The van der Waals surface area contributed by atoms with Crippen molar-refractivity contribution in [2.24, 2.45) is 5.41 Å². The van der Waals surface area contributed by atoms with Crippen LogP contribution in [0.2, 0.25) is 0 Å². The number of nitrogens with zero attached hydrogens (tertiary/aromatic N) is 1. The van der Waals surface area contributed by atoms with Gasteiger partial charge in [-0.3, -0.25) is 4.79 Å².